The van der Waals surface area contributed by atoms with Crippen LogP contribution in [0.5, 0.6) is 17.2 Å². The number of benzene rings is 2. The molecule has 0 aromatic heterocycles. The molecule has 3 rings (SSSR count). The Bertz CT molecular complexity index is 829. The van der Waals surface area contributed by atoms with E-state index in [1.54, 1.807) is 21.3 Å². The molecule has 0 N–H and O–H groups in total. The zero-order valence-electron chi connectivity index (χ0n) is 14.7. The van der Waals surface area contributed by atoms with Crippen LogP contribution in [0.3, 0.4) is 0 Å². The number of hydrogen-bond donors (Lipinski definition) is 0. The molecular formula is C19H21N3O3. The van der Waals surface area contributed by atoms with Gasteiger partial charge in [0, 0.05) is 10.5 Å². The number of aryl methyl sites for hydroxylation is 1. The summed E-state index contributed by atoms with van der Waals surface area (Å²) in [5.41, 5.74) is 13.1. The topological polar surface area (TPSA) is 76.5 Å². The molecule has 2 aromatic carbocycles. The second kappa shape index (κ2) is 7.36. The number of hydrogen-bond acceptors (Lipinski definition) is 4. The molecule has 2 aromatic rings. The Morgan fingerprint density at radius 2 is 1.84 bits per heavy atom. The van der Waals surface area contributed by atoms with Crippen LogP contribution in [0.15, 0.2) is 35.4 Å². The highest BCUT2D eigenvalue weighted by Crippen LogP contribution is 2.50. The average molecular weight is 339 g/mol. The van der Waals surface area contributed by atoms with Crippen molar-refractivity contribution in [2.45, 2.75) is 25.3 Å². The predicted molar refractivity (Wildman–Crippen MR) is 96.4 cm³/mol. The molecule has 1 aliphatic carbocycles. The number of fused-ring (bicyclic) bond motifs is 3. The van der Waals surface area contributed by atoms with E-state index in [9.17, 15) is 0 Å². The smallest absolute Gasteiger partial charge is 0.203 e. The summed E-state index contributed by atoms with van der Waals surface area (Å²) < 4.78 is 16.8. The van der Waals surface area contributed by atoms with E-state index in [-0.39, 0.29) is 6.04 Å². The largest absolute Gasteiger partial charge is 0.493 e. The van der Waals surface area contributed by atoms with Crippen LogP contribution in [0.2, 0.25) is 0 Å². The van der Waals surface area contributed by atoms with Crippen molar-refractivity contribution in [2.75, 3.05) is 21.3 Å². The Balaban J connectivity index is 2.35. The number of nitrogens with zero attached hydrogens (tertiary/aromatic N) is 3. The SMILES string of the molecule is COc1cc2c(c(OC)c1OC)-c1ccccc1[C@H](N=[N+]=[N-])CCC2. The summed E-state index contributed by atoms with van der Waals surface area (Å²) in [6.07, 6.45) is 2.55. The van der Waals surface area contributed by atoms with E-state index >= 15 is 0 Å². The molecule has 0 bridgehead atoms. The summed E-state index contributed by atoms with van der Waals surface area (Å²) in [5, 5.41) is 4.02. The maximum Gasteiger partial charge on any atom is 0.203 e. The first-order chi connectivity index (χ1) is 12.2. The lowest BCUT2D eigenvalue weighted by Crippen LogP contribution is -2.07. The molecule has 6 heteroatoms. The molecule has 25 heavy (non-hydrogen) atoms. The first-order valence-electron chi connectivity index (χ1n) is 8.20. The number of ether oxygens (including phenoxy) is 3. The fraction of sp³-hybridized carbons (Fsp3) is 0.368. The van der Waals surface area contributed by atoms with Crippen LogP contribution >= 0.6 is 0 Å². The van der Waals surface area contributed by atoms with Crippen LogP contribution < -0.4 is 14.2 Å². The van der Waals surface area contributed by atoms with E-state index in [1.165, 1.54) is 0 Å². The van der Waals surface area contributed by atoms with Crippen molar-refractivity contribution in [1.29, 1.82) is 0 Å². The third-order valence-electron chi connectivity index (χ3n) is 4.62. The fourth-order valence-corrected chi connectivity index (χ4v) is 3.54. The molecule has 1 aliphatic rings. The molecule has 0 saturated heterocycles. The predicted octanol–water partition coefficient (Wildman–Crippen LogP) is 5.07. The maximum absolute atomic E-state index is 8.95. The van der Waals surface area contributed by atoms with Crippen molar-refractivity contribution in [3.05, 3.63) is 51.9 Å². The summed E-state index contributed by atoms with van der Waals surface area (Å²) in [5.74, 6) is 1.87. The van der Waals surface area contributed by atoms with Gasteiger partial charge in [0.25, 0.3) is 0 Å². The minimum Gasteiger partial charge on any atom is -0.493 e. The number of methoxy groups -OCH3 is 3. The monoisotopic (exact) mass is 339 g/mol. The molecule has 0 unspecified atom stereocenters. The van der Waals surface area contributed by atoms with Gasteiger partial charge in [0.15, 0.2) is 11.5 Å². The summed E-state index contributed by atoms with van der Waals surface area (Å²) >= 11 is 0. The van der Waals surface area contributed by atoms with Crippen LogP contribution in [0.1, 0.15) is 30.0 Å². The molecule has 130 valence electrons. The van der Waals surface area contributed by atoms with Gasteiger partial charge in [-0.15, -0.1) is 0 Å². The Morgan fingerprint density at radius 3 is 2.52 bits per heavy atom. The molecule has 0 radical (unpaired) electrons. The Kier molecular flexibility index (Phi) is 5.00. The van der Waals surface area contributed by atoms with Crippen molar-refractivity contribution in [3.63, 3.8) is 0 Å². The van der Waals surface area contributed by atoms with Gasteiger partial charge in [0.1, 0.15) is 0 Å². The lowest BCUT2D eigenvalue weighted by molar-refractivity contribution is 0.324. The standard InChI is InChI=1S/C19H21N3O3/c1-23-16-11-12-7-6-10-15(21-22-20)13-8-4-5-9-14(13)17(12)19(25-3)18(16)24-2/h4-5,8-9,11,15H,6-7,10H2,1-3H3/t15-/m1/s1. The van der Waals surface area contributed by atoms with E-state index in [0.29, 0.717) is 17.2 Å². The Morgan fingerprint density at radius 1 is 1.08 bits per heavy atom. The van der Waals surface area contributed by atoms with Gasteiger partial charge >= 0.3 is 0 Å². The Labute approximate surface area is 147 Å². The van der Waals surface area contributed by atoms with Gasteiger partial charge in [-0.1, -0.05) is 29.4 Å². The minimum atomic E-state index is -0.188. The quantitative estimate of drug-likeness (QED) is 0.443. The summed E-state index contributed by atoms with van der Waals surface area (Å²) in [6.45, 7) is 0. The van der Waals surface area contributed by atoms with Crippen molar-refractivity contribution in [3.8, 4) is 28.4 Å². The Hall–Kier alpha value is -2.85. The van der Waals surface area contributed by atoms with E-state index in [4.69, 9.17) is 19.7 Å². The molecule has 0 spiro atoms. The highest BCUT2D eigenvalue weighted by Gasteiger charge is 2.26. The van der Waals surface area contributed by atoms with Crippen LogP contribution in [0, 0.1) is 0 Å². The van der Waals surface area contributed by atoms with Crippen LogP contribution in [-0.4, -0.2) is 21.3 Å². The average Bonchev–Trinajstić information content (AvgIpc) is 2.64. The molecule has 0 amide bonds. The molecule has 0 saturated carbocycles. The molecular weight excluding hydrogens is 318 g/mol. The summed E-state index contributed by atoms with van der Waals surface area (Å²) in [4.78, 5) is 3.04. The third-order valence-corrected chi connectivity index (χ3v) is 4.62. The van der Waals surface area contributed by atoms with Gasteiger partial charge < -0.3 is 14.2 Å². The van der Waals surface area contributed by atoms with Crippen molar-refractivity contribution in [1.82, 2.24) is 0 Å². The lowest BCUT2D eigenvalue weighted by Gasteiger charge is -2.25. The number of rotatable bonds is 4. The second-order valence-corrected chi connectivity index (χ2v) is 5.88. The number of azide groups is 1. The molecule has 0 aliphatic heterocycles. The lowest BCUT2D eigenvalue weighted by atomic mass is 9.85. The minimum absolute atomic E-state index is 0.188. The van der Waals surface area contributed by atoms with Crippen LogP contribution in [0.25, 0.3) is 21.6 Å². The summed E-state index contributed by atoms with van der Waals surface area (Å²) in [7, 11) is 4.85. The third kappa shape index (κ3) is 2.96. The fourth-order valence-electron chi connectivity index (χ4n) is 3.54. The van der Waals surface area contributed by atoms with Gasteiger partial charge in [-0.25, -0.2) is 0 Å². The van der Waals surface area contributed by atoms with Gasteiger partial charge in [-0.05, 0) is 47.6 Å². The molecule has 0 heterocycles. The normalized spacial score (nSPS) is 15.7. The first kappa shape index (κ1) is 17.0. The highest BCUT2D eigenvalue weighted by molar-refractivity contribution is 5.82. The van der Waals surface area contributed by atoms with Gasteiger partial charge in [-0.2, -0.15) is 0 Å². The van der Waals surface area contributed by atoms with Crippen molar-refractivity contribution < 1.29 is 14.2 Å². The van der Waals surface area contributed by atoms with E-state index in [1.807, 2.05) is 30.3 Å². The van der Waals surface area contributed by atoms with E-state index < -0.39 is 0 Å². The second-order valence-electron chi connectivity index (χ2n) is 5.88. The maximum atomic E-state index is 8.95. The van der Waals surface area contributed by atoms with E-state index in [0.717, 1.165) is 41.5 Å². The molecule has 6 nitrogen and oxygen atoms in total. The zero-order chi connectivity index (χ0) is 17.8. The van der Waals surface area contributed by atoms with Gasteiger partial charge in [-0.3, -0.25) is 0 Å². The summed E-state index contributed by atoms with van der Waals surface area (Å²) in [6, 6.07) is 9.82. The van der Waals surface area contributed by atoms with Crippen molar-refractivity contribution in [2.24, 2.45) is 5.11 Å². The van der Waals surface area contributed by atoms with E-state index in [2.05, 4.69) is 10.0 Å². The van der Waals surface area contributed by atoms with Gasteiger partial charge in [0.05, 0.1) is 27.4 Å². The molecule has 0 fully saturated rings. The van der Waals surface area contributed by atoms with Crippen LogP contribution in [0.4, 0.5) is 0 Å². The van der Waals surface area contributed by atoms with Crippen LogP contribution in [-0.2, 0) is 6.42 Å². The van der Waals surface area contributed by atoms with Gasteiger partial charge in [0.2, 0.25) is 5.75 Å². The molecule has 1 atom stereocenters. The highest BCUT2D eigenvalue weighted by atomic mass is 16.5. The zero-order valence-corrected chi connectivity index (χ0v) is 14.7. The first-order valence-corrected chi connectivity index (χ1v) is 8.20. The van der Waals surface area contributed by atoms with Crippen molar-refractivity contribution >= 4 is 0 Å².